The second-order valence-electron chi connectivity index (χ2n) is 18.9. The van der Waals surface area contributed by atoms with Gasteiger partial charge in [-0.25, -0.2) is 0 Å². The molecule has 9 rings (SSSR count). The topological polar surface area (TPSA) is 43.6 Å². The molecule has 0 saturated heterocycles. The first-order chi connectivity index (χ1) is 33.2. The number of rotatable bonds is 8. The van der Waals surface area contributed by atoms with Crippen molar-refractivity contribution in [1.29, 1.82) is 0 Å². The number of hydrogen-bond acceptors (Lipinski definition) is 4. The fourth-order valence-electron chi connectivity index (χ4n) is 8.16. The van der Waals surface area contributed by atoms with Crippen LogP contribution in [0.4, 0.5) is 0 Å². The molecule has 7 heteroatoms. The molecule has 0 unspecified atom stereocenters. The van der Waals surface area contributed by atoms with E-state index in [9.17, 15) is 0 Å². The molecule has 4 nitrogen and oxygen atoms in total. The maximum Gasteiger partial charge on any atom is 0.0822 e. The summed E-state index contributed by atoms with van der Waals surface area (Å²) in [4.78, 5) is 14.3. The number of pyridine rings is 2. The normalized spacial score (nSPS) is 14.4. The molecule has 4 heterocycles. The summed E-state index contributed by atoms with van der Waals surface area (Å²) in [5, 5.41) is 2.70. The van der Waals surface area contributed by atoms with Crippen LogP contribution in [0.3, 0.4) is 0 Å². The van der Waals surface area contributed by atoms with Crippen LogP contribution in [0.1, 0.15) is 99.1 Å². The first-order valence-electron chi connectivity index (χ1n) is 25.6. The first kappa shape index (κ1) is 37.2. The van der Waals surface area contributed by atoms with Crippen molar-refractivity contribution in [3.63, 3.8) is 0 Å². The van der Waals surface area contributed by atoms with Crippen molar-refractivity contribution >= 4 is 55.8 Å². The van der Waals surface area contributed by atoms with E-state index in [1.807, 2.05) is 63.4 Å². The Hall–Kier alpha value is -5.04. The molecule has 0 spiro atoms. The Kier molecular flexibility index (Phi) is 10.9. The molecule has 0 atom stereocenters. The first-order valence-corrected chi connectivity index (χ1v) is 26.0. The van der Waals surface area contributed by atoms with Gasteiger partial charge in [0.15, 0.2) is 0 Å². The predicted octanol–water partition coefficient (Wildman–Crippen LogP) is 15.5. The Balaban J connectivity index is 0.000000235. The summed E-state index contributed by atoms with van der Waals surface area (Å²) in [5.41, 5.74) is 10.3. The maximum atomic E-state index is 8.79. The van der Waals surface area contributed by atoms with Gasteiger partial charge in [0.05, 0.1) is 31.1 Å². The molecule has 0 bridgehead atoms. The van der Waals surface area contributed by atoms with Gasteiger partial charge in [-0.2, -0.15) is 11.3 Å². The molecule has 1 radical (unpaired) electrons. The van der Waals surface area contributed by atoms with E-state index < -0.39 is 33.6 Å². The summed E-state index contributed by atoms with van der Waals surface area (Å²) in [7, 11) is -1.81. The second-order valence-corrected chi connectivity index (χ2v) is 25.0. The van der Waals surface area contributed by atoms with E-state index >= 15 is 0 Å². The molecular weight excluding hydrogens is 993 g/mol. The van der Waals surface area contributed by atoms with Crippen molar-refractivity contribution in [1.82, 2.24) is 19.5 Å². The molecule has 9 aromatic rings. The molecule has 329 valence electrons. The van der Waals surface area contributed by atoms with Gasteiger partial charge in [0.25, 0.3) is 0 Å². The van der Waals surface area contributed by atoms with Gasteiger partial charge in [0.2, 0.25) is 0 Å². The van der Waals surface area contributed by atoms with Crippen LogP contribution in [0.5, 0.6) is 0 Å². The molecule has 0 aliphatic carbocycles. The van der Waals surface area contributed by atoms with E-state index in [0.717, 1.165) is 53.5 Å². The SMILES string of the molecule is [2H]C([2H])([2H])c1c[c-]c(-c2cc(C([2H])([2H])C(C)(C)C)c([Si](C)(C)C)cn2)cc1.[2H]C([2H])([2H])c1c[c-]c(-c2nc3ccncc3n2-c2c(C(C)C)cc(-c3ccccc3)cc2C(C)C)c2sc3ccccc3c12.[Ir]. The van der Waals surface area contributed by atoms with Crippen molar-refractivity contribution in [3.05, 3.63) is 162 Å². The summed E-state index contributed by atoms with van der Waals surface area (Å²) < 4.78 is 69.2. The van der Waals surface area contributed by atoms with Crippen LogP contribution in [-0.4, -0.2) is 27.6 Å². The Morgan fingerprint density at radius 2 is 1.53 bits per heavy atom. The van der Waals surface area contributed by atoms with Gasteiger partial charge in [0, 0.05) is 53.9 Å². The summed E-state index contributed by atoms with van der Waals surface area (Å²) in [6.45, 7) is 16.7. The average molecular weight is 1060 g/mol. The summed E-state index contributed by atoms with van der Waals surface area (Å²) in [6.07, 6.45) is 3.92. The van der Waals surface area contributed by atoms with Crippen LogP contribution in [0.15, 0.2) is 122 Å². The minimum atomic E-state index is -2.27. The maximum absolute atomic E-state index is 8.79. The van der Waals surface area contributed by atoms with Crippen LogP contribution < -0.4 is 5.19 Å². The van der Waals surface area contributed by atoms with Gasteiger partial charge in [-0.3, -0.25) is 9.97 Å². The van der Waals surface area contributed by atoms with Crippen LogP contribution >= 0.6 is 11.3 Å². The molecule has 0 amide bonds. The number of hydrogen-bond donors (Lipinski definition) is 0. The van der Waals surface area contributed by atoms with E-state index in [2.05, 4.69) is 116 Å². The Bertz CT molecular complexity index is 3370. The number of aromatic nitrogens is 4. The zero-order chi connectivity index (χ0) is 51.6. The van der Waals surface area contributed by atoms with Crippen molar-refractivity contribution in [3.8, 4) is 39.5 Å². The van der Waals surface area contributed by atoms with Gasteiger partial charge in [-0.1, -0.05) is 153 Å². The summed E-state index contributed by atoms with van der Waals surface area (Å²) in [5.74, 6) is 1.18. The summed E-state index contributed by atoms with van der Waals surface area (Å²) in [6, 6.07) is 39.7. The van der Waals surface area contributed by atoms with Gasteiger partial charge in [-0.15, -0.1) is 53.1 Å². The van der Waals surface area contributed by atoms with E-state index in [1.165, 1.54) is 28.3 Å². The van der Waals surface area contributed by atoms with E-state index in [-0.39, 0.29) is 37.5 Å². The quantitative estimate of drug-likeness (QED) is 0.112. The third kappa shape index (κ3) is 9.65. The van der Waals surface area contributed by atoms with Gasteiger partial charge in [0.1, 0.15) is 0 Å². The van der Waals surface area contributed by atoms with Crippen molar-refractivity contribution in [2.75, 3.05) is 0 Å². The molecule has 5 aromatic carbocycles. The zero-order valence-corrected chi connectivity index (χ0v) is 42.4. The van der Waals surface area contributed by atoms with E-state index in [1.54, 1.807) is 41.9 Å². The van der Waals surface area contributed by atoms with Crippen LogP contribution in [0, 0.1) is 31.3 Å². The largest absolute Gasteiger partial charge is 0.331 e. The number of fused-ring (bicyclic) bond motifs is 4. The third-order valence-corrected chi connectivity index (χ3v) is 14.4. The molecule has 4 aromatic heterocycles. The Labute approximate surface area is 410 Å². The van der Waals surface area contributed by atoms with Crippen LogP contribution in [0.25, 0.3) is 70.7 Å². The molecule has 0 aliphatic rings. The number of nitrogens with zero attached hydrogens (tertiary/aromatic N) is 4. The van der Waals surface area contributed by atoms with E-state index in [4.69, 9.17) is 16.0 Å². The fraction of sp³-hybridized carbons (Fsp3) is 0.281. The third-order valence-electron chi connectivity index (χ3n) is 11.2. The molecule has 0 aliphatic heterocycles. The number of aryl methyl sites for hydroxylation is 2. The number of thiophene rings is 1. The van der Waals surface area contributed by atoms with E-state index in [0.29, 0.717) is 22.4 Å². The zero-order valence-electron chi connectivity index (χ0n) is 46.2. The molecule has 0 fully saturated rings. The Morgan fingerprint density at radius 3 is 2.17 bits per heavy atom. The number of benzene rings is 5. The fourth-order valence-corrected chi connectivity index (χ4v) is 10.8. The van der Waals surface area contributed by atoms with Gasteiger partial charge >= 0.3 is 0 Å². The predicted molar refractivity (Wildman–Crippen MR) is 274 cm³/mol. The minimum absolute atomic E-state index is 0. The van der Waals surface area contributed by atoms with Crippen molar-refractivity contribution in [2.24, 2.45) is 5.41 Å². The molecule has 0 N–H and O–H groups in total. The summed E-state index contributed by atoms with van der Waals surface area (Å²) >= 11 is 1.60. The van der Waals surface area contributed by atoms with Gasteiger partial charge in [-0.05, 0) is 91.1 Å². The number of imidazole rings is 1. The van der Waals surface area contributed by atoms with Crippen LogP contribution in [0.2, 0.25) is 19.6 Å². The standard InChI is InChI=1S/C37H32N3S.C20H28NSi.Ir/c1-22(2)29-19-26(25-11-7-6-8-12-25)20-30(23(3)4)35(29)40-32-21-38-18-17-31(32)39-37(40)28-16-15-24(5)34-27-13-9-10-14-33(27)41-36(28)34;1-15-8-10-16(11-9-15)18-12-17(13-20(2,3)4)19(14-21-18)22(5,6)7;/h6-15,17-23H,1-5H3;8-10,12,14H,13H2,1-7H3;/q2*-1;/i5D3;1D3,13D2;. The average Bonchev–Trinajstić information content (AvgIpc) is 3.89. The van der Waals surface area contributed by atoms with Gasteiger partial charge < -0.3 is 9.55 Å². The van der Waals surface area contributed by atoms with Crippen LogP contribution in [-0.2, 0) is 26.5 Å². The Morgan fingerprint density at radius 1 is 0.812 bits per heavy atom. The smallest absolute Gasteiger partial charge is 0.0822 e. The molecule has 64 heavy (non-hydrogen) atoms. The minimum Gasteiger partial charge on any atom is -0.331 e. The monoisotopic (exact) mass is 1060 g/mol. The molecular formula is C57H60IrN4SSi-2. The van der Waals surface area contributed by atoms with Crippen molar-refractivity contribution < 1.29 is 31.1 Å². The second kappa shape index (κ2) is 18.8. The van der Waals surface area contributed by atoms with Crippen molar-refractivity contribution in [2.45, 2.75) is 100 Å². The molecule has 0 saturated carbocycles.